The summed E-state index contributed by atoms with van der Waals surface area (Å²) in [7, 11) is 5.03. The van der Waals surface area contributed by atoms with Gasteiger partial charge in [0.15, 0.2) is 5.82 Å². The number of carbonyl (C=O) groups is 2. The van der Waals surface area contributed by atoms with E-state index in [-0.39, 0.29) is 30.1 Å². The zero-order chi connectivity index (χ0) is 21.8. The highest BCUT2D eigenvalue weighted by Crippen LogP contribution is 2.36. The molecule has 10 heteroatoms. The van der Waals surface area contributed by atoms with Gasteiger partial charge in [-0.1, -0.05) is 0 Å². The van der Waals surface area contributed by atoms with E-state index >= 15 is 0 Å². The summed E-state index contributed by atoms with van der Waals surface area (Å²) in [5.41, 5.74) is 2.03. The van der Waals surface area contributed by atoms with Crippen LogP contribution in [0.3, 0.4) is 0 Å². The molecule has 2 aromatic rings. The second-order valence-corrected chi connectivity index (χ2v) is 7.96. The minimum atomic E-state index is -0.294. The van der Waals surface area contributed by atoms with Gasteiger partial charge < -0.3 is 19.7 Å². The van der Waals surface area contributed by atoms with Crippen molar-refractivity contribution in [3.63, 3.8) is 0 Å². The third kappa shape index (κ3) is 4.99. The lowest BCUT2D eigenvalue weighted by molar-refractivity contribution is 0.0645. The van der Waals surface area contributed by atoms with Crippen LogP contribution in [0.1, 0.15) is 60.9 Å². The van der Waals surface area contributed by atoms with Gasteiger partial charge >= 0.3 is 6.09 Å². The molecule has 0 spiro atoms. The smallest absolute Gasteiger partial charge is 0.410 e. The first kappa shape index (κ1) is 21.8. The highest BCUT2D eigenvalue weighted by Gasteiger charge is 2.31. The maximum atomic E-state index is 12.5. The van der Waals surface area contributed by atoms with Gasteiger partial charge in [-0.25, -0.2) is 4.79 Å². The average Bonchev–Trinajstić information content (AvgIpc) is 3.41. The molecule has 0 radical (unpaired) electrons. The third-order valence-electron chi connectivity index (χ3n) is 5.45. The Kier molecular flexibility index (Phi) is 6.76. The number of H-pyrrole nitrogens is 1. The van der Waals surface area contributed by atoms with Crippen molar-refractivity contribution in [1.29, 1.82) is 0 Å². The van der Waals surface area contributed by atoms with Crippen molar-refractivity contribution in [1.82, 2.24) is 24.9 Å². The number of hydrogen-bond acceptors (Lipinski definition) is 6. The van der Waals surface area contributed by atoms with Crippen LogP contribution in [0, 0.1) is 0 Å². The Labute approximate surface area is 175 Å². The highest BCUT2D eigenvalue weighted by atomic mass is 16.6. The molecule has 1 fully saturated rings. The number of rotatable bonds is 7. The second kappa shape index (κ2) is 9.29. The summed E-state index contributed by atoms with van der Waals surface area (Å²) >= 11 is 0. The van der Waals surface area contributed by atoms with Crippen molar-refractivity contribution in [2.24, 2.45) is 7.05 Å². The number of nitrogens with one attached hydrogen (secondary N) is 2. The van der Waals surface area contributed by atoms with Crippen LogP contribution in [0.15, 0.2) is 12.1 Å². The first-order valence-electron chi connectivity index (χ1n) is 10.1. The van der Waals surface area contributed by atoms with E-state index in [1.54, 1.807) is 32.2 Å². The van der Waals surface area contributed by atoms with E-state index in [0.717, 1.165) is 25.0 Å². The predicted octanol–water partition coefficient (Wildman–Crippen LogP) is 2.65. The lowest BCUT2D eigenvalue weighted by Crippen LogP contribution is -2.35. The molecule has 2 heterocycles. The summed E-state index contributed by atoms with van der Waals surface area (Å²) < 4.78 is 12.2. The number of anilines is 1. The molecule has 0 aromatic carbocycles. The van der Waals surface area contributed by atoms with Crippen molar-refractivity contribution in [2.75, 3.05) is 19.5 Å². The Morgan fingerprint density at radius 1 is 1.37 bits per heavy atom. The van der Waals surface area contributed by atoms with Crippen molar-refractivity contribution in [3.8, 4) is 0 Å². The molecule has 10 nitrogen and oxygen atoms in total. The molecule has 2 atom stereocenters. The van der Waals surface area contributed by atoms with Crippen LogP contribution >= 0.6 is 0 Å². The zero-order valence-electron chi connectivity index (χ0n) is 18.1. The maximum absolute atomic E-state index is 12.5. The molecule has 3 rings (SSSR count). The fourth-order valence-electron chi connectivity index (χ4n) is 3.51. The van der Waals surface area contributed by atoms with Gasteiger partial charge in [-0.05, 0) is 39.2 Å². The number of aromatic amines is 1. The van der Waals surface area contributed by atoms with Gasteiger partial charge in [-0.3, -0.25) is 14.6 Å². The number of hydrogen-bond donors (Lipinski definition) is 2. The number of amides is 2. The van der Waals surface area contributed by atoms with Crippen molar-refractivity contribution < 1.29 is 19.1 Å². The molecular formula is C20H30N6O4. The van der Waals surface area contributed by atoms with Crippen LogP contribution in [0.4, 0.5) is 10.6 Å². The van der Waals surface area contributed by atoms with E-state index < -0.39 is 0 Å². The Morgan fingerprint density at radius 2 is 2.13 bits per heavy atom. The number of carbonyl (C=O) groups excluding carboxylic acids is 2. The van der Waals surface area contributed by atoms with Gasteiger partial charge in [0.2, 0.25) is 0 Å². The molecule has 164 valence electrons. The minimum Gasteiger partial charge on any atom is -0.446 e. The summed E-state index contributed by atoms with van der Waals surface area (Å²) in [6.45, 7) is 4.24. The second-order valence-electron chi connectivity index (χ2n) is 7.96. The average molecular weight is 418 g/mol. The fraction of sp³-hybridized carbons (Fsp3) is 0.600. The Hall–Kier alpha value is -2.88. The van der Waals surface area contributed by atoms with Gasteiger partial charge in [0.1, 0.15) is 11.8 Å². The first-order chi connectivity index (χ1) is 14.3. The molecule has 0 aliphatic heterocycles. The van der Waals surface area contributed by atoms with Gasteiger partial charge in [0.25, 0.3) is 5.91 Å². The molecule has 1 aliphatic rings. The standard InChI is InChI=1S/C20H30N6O4/c1-12(2)25(3)20(28)30-15-7-6-13(8-15)16-10-18(23-22-16)21-19(27)17-9-14(11-29-5)24-26(17)4/h9-10,12-13,15H,6-8,11H2,1-5H3,(H2,21,22,23,27)/t13-,15+/m1/s1. The normalized spacial score (nSPS) is 18.6. The van der Waals surface area contributed by atoms with Crippen LogP contribution in [-0.2, 0) is 23.1 Å². The number of aryl methyl sites for hydroxylation is 1. The molecule has 0 saturated heterocycles. The van der Waals surface area contributed by atoms with Crippen molar-refractivity contribution >= 4 is 17.8 Å². The third-order valence-corrected chi connectivity index (χ3v) is 5.45. The van der Waals surface area contributed by atoms with E-state index in [0.29, 0.717) is 23.8 Å². The number of ether oxygens (including phenoxy) is 2. The van der Waals surface area contributed by atoms with Crippen LogP contribution in [0.25, 0.3) is 0 Å². The van der Waals surface area contributed by atoms with Gasteiger partial charge in [-0.15, -0.1) is 0 Å². The lowest BCUT2D eigenvalue weighted by atomic mass is 10.0. The monoisotopic (exact) mass is 418 g/mol. The van der Waals surface area contributed by atoms with E-state index in [4.69, 9.17) is 9.47 Å². The number of methoxy groups -OCH3 is 1. The van der Waals surface area contributed by atoms with Gasteiger partial charge in [0.05, 0.1) is 12.3 Å². The molecule has 2 amide bonds. The van der Waals surface area contributed by atoms with Gasteiger partial charge in [-0.2, -0.15) is 10.2 Å². The molecule has 0 unspecified atom stereocenters. The summed E-state index contributed by atoms with van der Waals surface area (Å²) in [5.74, 6) is 0.361. The van der Waals surface area contributed by atoms with Crippen molar-refractivity contribution in [2.45, 2.75) is 57.8 Å². The molecule has 0 bridgehead atoms. The molecule has 1 saturated carbocycles. The maximum Gasteiger partial charge on any atom is 0.410 e. The lowest BCUT2D eigenvalue weighted by Gasteiger charge is -2.23. The van der Waals surface area contributed by atoms with E-state index in [2.05, 4.69) is 20.6 Å². The van der Waals surface area contributed by atoms with E-state index in [1.807, 2.05) is 19.9 Å². The fourth-order valence-corrected chi connectivity index (χ4v) is 3.51. The summed E-state index contributed by atoms with van der Waals surface area (Å²) in [6, 6.07) is 3.62. The Bertz CT molecular complexity index is 890. The molecular weight excluding hydrogens is 388 g/mol. The van der Waals surface area contributed by atoms with E-state index in [9.17, 15) is 9.59 Å². The first-order valence-corrected chi connectivity index (χ1v) is 10.1. The summed E-state index contributed by atoms with van der Waals surface area (Å²) in [6.07, 6.45) is 2.02. The molecule has 2 aromatic heterocycles. The summed E-state index contributed by atoms with van der Waals surface area (Å²) in [4.78, 5) is 26.3. The van der Waals surface area contributed by atoms with Crippen LogP contribution in [-0.4, -0.2) is 63.2 Å². The molecule has 1 aliphatic carbocycles. The van der Waals surface area contributed by atoms with Crippen LogP contribution in [0.5, 0.6) is 0 Å². The summed E-state index contributed by atoms with van der Waals surface area (Å²) in [5, 5.41) is 14.2. The quantitative estimate of drug-likeness (QED) is 0.714. The minimum absolute atomic E-state index is 0.0958. The largest absolute Gasteiger partial charge is 0.446 e. The van der Waals surface area contributed by atoms with Crippen molar-refractivity contribution in [3.05, 3.63) is 29.2 Å². The van der Waals surface area contributed by atoms with Gasteiger partial charge in [0, 0.05) is 44.9 Å². The van der Waals surface area contributed by atoms with Crippen LogP contribution in [0.2, 0.25) is 0 Å². The number of aromatic nitrogens is 4. The molecule has 2 N–H and O–H groups in total. The predicted molar refractivity (Wildman–Crippen MR) is 110 cm³/mol. The SMILES string of the molecule is COCc1cc(C(=O)Nc2cc([C@@H]3CC[C@H](OC(=O)N(C)C(C)C)C3)[nH]n2)n(C)n1. The molecule has 30 heavy (non-hydrogen) atoms. The topological polar surface area (TPSA) is 114 Å². The Balaban J connectivity index is 1.56. The zero-order valence-corrected chi connectivity index (χ0v) is 18.1. The van der Waals surface area contributed by atoms with E-state index in [1.165, 1.54) is 4.68 Å². The Morgan fingerprint density at radius 3 is 2.83 bits per heavy atom. The highest BCUT2D eigenvalue weighted by molar-refractivity contribution is 6.02. The number of nitrogens with zero attached hydrogens (tertiary/aromatic N) is 4. The van der Waals surface area contributed by atoms with Crippen LogP contribution < -0.4 is 5.32 Å².